The Morgan fingerprint density at radius 3 is 2.54 bits per heavy atom. The number of rotatable bonds is 3. The van der Waals surface area contributed by atoms with Crippen LogP contribution in [-0.4, -0.2) is 40.6 Å². The molecular weight excluding hydrogens is 356 g/mol. The smallest absolute Gasteiger partial charge is 0.220 e. The number of nitrogens with zero attached hydrogens (tertiary/aromatic N) is 2. The molecule has 1 aliphatic heterocycles. The molecule has 1 aliphatic rings. The van der Waals surface area contributed by atoms with Crippen molar-refractivity contribution in [3.63, 3.8) is 0 Å². The standard InChI is InChI=1S/C18H20N2O5S/c1-5-20-17(23)12(8-19-20)15(21)11-6-7-13-14(10(11)2)16(22)18(3,4)9-26(13,24)25/h6-8,23H,5,9H2,1-4H3. The summed E-state index contributed by atoms with van der Waals surface area (Å²) < 4.78 is 26.4. The molecule has 0 fully saturated rings. The molecule has 2 heterocycles. The second kappa shape index (κ2) is 5.77. The van der Waals surface area contributed by atoms with Gasteiger partial charge in [0.05, 0.1) is 16.8 Å². The van der Waals surface area contributed by atoms with E-state index in [9.17, 15) is 23.1 Å². The van der Waals surface area contributed by atoms with Gasteiger partial charge in [0.2, 0.25) is 5.88 Å². The molecule has 2 aromatic rings. The van der Waals surface area contributed by atoms with Crippen molar-refractivity contribution in [2.45, 2.75) is 39.1 Å². The molecule has 0 spiro atoms. The van der Waals surface area contributed by atoms with Crippen LogP contribution in [0.2, 0.25) is 0 Å². The predicted octanol–water partition coefficient (Wildman–Crippen LogP) is 2.14. The molecular formula is C18H20N2O5S. The molecule has 1 aromatic carbocycles. The van der Waals surface area contributed by atoms with Crippen molar-refractivity contribution in [1.29, 1.82) is 0 Å². The molecule has 3 rings (SSSR count). The van der Waals surface area contributed by atoms with Gasteiger partial charge in [-0.3, -0.25) is 9.59 Å². The van der Waals surface area contributed by atoms with E-state index in [1.807, 2.05) is 0 Å². The van der Waals surface area contributed by atoms with Crippen LogP contribution in [0.25, 0.3) is 0 Å². The van der Waals surface area contributed by atoms with Crippen LogP contribution in [0, 0.1) is 12.3 Å². The van der Waals surface area contributed by atoms with E-state index in [1.165, 1.54) is 23.0 Å². The minimum Gasteiger partial charge on any atom is -0.493 e. The minimum absolute atomic E-state index is 0.0141. The lowest BCUT2D eigenvalue weighted by Crippen LogP contribution is -2.39. The van der Waals surface area contributed by atoms with E-state index in [0.717, 1.165) is 0 Å². The number of fused-ring (bicyclic) bond motifs is 1. The van der Waals surface area contributed by atoms with Crippen molar-refractivity contribution in [2.75, 3.05) is 5.75 Å². The molecule has 0 saturated carbocycles. The Kier molecular flexibility index (Phi) is 4.06. The SMILES string of the molecule is CCn1ncc(C(=O)c2ccc3c(c2C)C(=O)C(C)(C)CS3(=O)=O)c1O. The Morgan fingerprint density at radius 1 is 1.31 bits per heavy atom. The minimum atomic E-state index is -3.62. The molecule has 0 amide bonds. The Labute approximate surface area is 151 Å². The molecule has 0 radical (unpaired) electrons. The zero-order valence-corrected chi connectivity index (χ0v) is 15.8. The first-order chi connectivity index (χ1) is 12.0. The van der Waals surface area contributed by atoms with E-state index in [0.29, 0.717) is 12.1 Å². The van der Waals surface area contributed by atoms with Crippen LogP contribution in [0.3, 0.4) is 0 Å². The van der Waals surface area contributed by atoms with Gasteiger partial charge in [-0.25, -0.2) is 13.1 Å². The number of ketones is 2. The Bertz CT molecular complexity index is 1050. The van der Waals surface area contributed by atoms with Crippen molar-refractivity contribution in [2.24, 2.45) is 5.41 Å². The average Bonchev–Trinajstić information content (AvgIpc) is 2.92. The third-order valence-electron chi connectivity index (χ3n) is 4.75. The summed E-state index contributed by atoms with van der Waals surface area (Å²) in [5.41, 5.74) is -0.503. The quantitative estimate of drug-likeness (QED) is 0.823. The van der Waals surface area contributed by atoms with Gasteiger partial charge in [-0.15, -0.1) is 0 Å². The van der Waals surface area contributed by atoms with E-state index < -0.39 is 21.0 Å². The lowest BCUT2D eigenvalue weighted by atomic mass is 9.82. The third-order valence-corrected chi connectivity index (χ3v) is 6.87. The van der Waals surface area contributed by atoms with Gasteiger partial charge in [0.25, 0.3) is 0 Å². The zero-order chi connectivity index (χ0) is 19.4. The average molecular weight is 376 g/mol. The van der Waals surface area contributed by atoms with Gasteiger partial charge in [-0.05, 0) is 31.5 Å². The second-order valence-electron chi connectivity index (χ2n) is 7.11. The second-order valence-corrected chi connectivity index (χ2v) is 9.07. The predicted molar refractivity (Wildman–Crippen MR) is 94.3 cm³/mol. The largest absolute Gasteiger partial charge is 0.493 e. The number of hydrogen-bond donors (Lipinski definition) is 1. The summed E-state index contributed by atoms with van der Waals surface area (Å²) in [7, 11) is -3.62. The van der Waals surface area contributed by atoms with Gasteiger partial charge in [0.1, 0.15) is 5.56 Å². The highest BCUT2D eigenvalue weighted by atomic mass is 32.2. The maximum absolute atomic E-state index is 12.9. The molecule has 138 valence electrons. The monoisotopic (exact) mass is 376 g/mol. The van der Waals surface area contributed by atoms with Crippen LogP contribution in [-0.2, 0) is 16.4 Å². The molecule has 8 heteroatoms. The van der Waals surface area contributed by atoms with Gasteiger partial charge in [0, 0.05) is 23.1 Å². The summed E-state index contributed by atoms with van der Waals surface area (Å²) in [5, 5.41) is 14.1. The first-order valence-electron chi connectivity index (χ1n) is 8.22. The number of carbonyl (C=O) groups is 2. The highest BCUT2D eigenvalue weighted by Crippen LogP contribution is 2.38. The van der Waals surface area contributed by atoms with Crippen LogP contribution in [0.4, 0.5) is 0 Å². The van der Waals surface area contributed by atoms with Crippen molar-refractivity contribution in [3.05, 3.63) is 40.6 Å². The van der Waals surface area contributed by atoms with E-state index in [2.05, 4.69) is 5.10 Å². The summed E-state index contributed by atoms with van der Waals surface area (Å²) in [6.07, 6.45) is 1.27. The number of hydrogen-bond acceptors (Lipinski definition) is 6. The number of sulfone groups is 1. The molecule has 0 unspecified atom stereocenters. The lowest BCUT2D eigenvalue weighted by Gasteiger charge is -2.30. The van der Waals surface area contributed by atoms with Crippen molar-refractivity contribution < 1.29 is 23.1 Å². The summed E-state index contributed by atoms with van der Waals surface area (Å²) in [6, 6.07) is 2.70. The first kappa shape index (κ1) is 18.3. The summed E-state index contributed by atoms with van der Waals surface area (Å²) >= 11 is 0. The van der Waals surface area contributed by atoms with Crippen LogP contribution in [0.5, 0.6) is 5.88 Å². The highest BCUT2D eigenvalue weighted by molar-refractivity contribution is 7.91. The van der Waals surface area contributed by atoms with E-state index in [-0.39, 0.29) is 39.0 Å². The Balaban J connectivity index is 2.21. The van der Waals surface area contributed by atoms with E-state index in [4.69, 9.17) is 0 Å². The van der Waals surface area contributed by atoms with Crippen LogP contribution in [0.15, 0.2) is 23.2 Å². The van der Waals surface area contributed by atoms with Crippen LogP contribution >= 0.6 is 0 Å². The maximum atomic E-state index is 12.9. The van der Waals surface area contributed by atoms with Crippen LogP contribution in [0.1, 0.15) is 52.6 Å². The molecule has 7 nitrogen and oxygen atoms in total. The normalized spacial score (nSPS) is 17.8. The topological polar surface area (TPSA) is 106 Å². The van der Waals surface area contributed by atoms with Gasteiger partial charge >= 0.3 is 0 Å². The third kappa shape index (κ3) is 2.56. The first-order valence-corrected chi connectivity index (χ1v) is 9.87. The van der Waals surface area contributed by atoms with Gasteiger partial charge in [-0.1, -0.05) is 13.8 Å². The van der Waals surface area contributed by atoms with Gasteiger partial charge < -0.3 is 5.11 Å². The molecule has 26 heavy (non-hydrogen) atoms. The Morgan fingerprint density at radius 2 is 1.96 bits per heavy atom. The van der Waals surface area contributed by atoms with Gasteiger partial charge in [-0.2, -0.15) is 5.10 Å². The number of aromatic nitrogens is 2. The fraction of sp³-hybridized carbons (Fsp3) is 0.389. The van der Waals surface area contributed by atoms with Crippen molar-refractivity contribution in [3.8, 4) is 5.88 Å². The number of carbonyl (C=O) groups excluding carboxylic acids is 2. The summed E-state index contributed by atoms with van der Waals surface area (Å²) in [6.45, 7) is 6.90. The fourth-order valence-electron chi connectivity index (χ4n) is 3.35. The van der Waals surface area contributed by atoms with Crippen molar-refractivity contribution >= 4 is 21.4 Å². The van der Waals surface area contributed by atoms with E-state index >= 15 is 0 Å². The molecule has 1 N–H and O–H groups in total. The molecule has 0 saturated heterocycles. The number of aromatic hydroxyl groups is 1. The summed E-state index contributed by atoms with van der Waals surface area (Å²) in [5.74, 6) is -1.32. The van der Waals surface area contributed by atoms with E-state index in [1.54, 1.807) is 27.7 Å². The highest BCUT2D eigenvalue weighted by Gasteiger charge is 2.44. The fourth-order valence-corrected chi connectivity index (χ4v) is 5.42. The van der Waals surface area contributed by atoms with Crippen molar-refractivity contribution in [1.82, 2.24) is 9.78 Å². The summed E-state index contributed by atoms with van der Waals surface area (Å²) in [4.78, 5) is 25.7. The zero-order valence-electron chi connectivity index (χ0n) is 15.0. The molecule has 1 aromatic heterocycles. The maximum Gasteiger partial charge on any atom is 0.220 e. The van der Waals surface area contributed by atoms with Gasteiger partial charge in [0.15, 0.2) is 21.4 Å². The Hall–Kier alpha value is -2.48. The van der Waals surface area contributed by atoms with Crippen LogP contribution < -0.4 is 0 Å². The number of aryl methyl sites for hydroxylation is 1. The number of Topliss-reactive ketones (excluding diaryl/α,β-unsaturated/α-hetero) is 1. The molecule has 0 aliphatic carbocycles. The molecule has 0 bridgehead atoms. The lowest BCUT2D eigenvalue weighted by molar-refractivity contribution is 0.0851. The molecule has 0 atom stereocenters. The number of benzene rings is 1.